The number of aliphatic carboxylic acids is 1. The lowest BCUT2D eigenvalue weighted by molar-refractivity contribution is -0.192. The molecule has 0 aromatic carbocycles. The lowest BCUT2D eigenvalue weighted by Crippen LogP contribution is -2.37. The molecule has 0 saturated carbocycles. The summed E-state index contributed by atoms with van der Waals surface area (Å²) in [6.45, 7) is 2.60. The monoisotopic (exact) mass is 441 g/mol. The van der Waals surface area contributed by atoms with Crippen molar-refractivity contribution in [2.24, 2.45) is 5.41 Å². The van der Waals surface area contributed by atoms with E-state index in [4.69, 9.17) is 9.90 Å². The highest BCUT2D eigenvalue weighted by atomic mass is 19.4. The Hall–Kier alpha value is -3.31. The first-order valence-corrected chi connectivity index (χ1v) is 9.33. The summed E-state index contributed by atoms with van der Waals surface area (Å²) in [5.74, 6) is -2.54. The Morgan fingerprint density at radius 3 is 2.35 bits per heavy atom. The number of pyridine rings is 1. The van der Waals surface area contributed by atoms with E-state index in [1.54, 1.807) is 6.20 Å². The van der Waals surface area contributed by atoms with Crippen LogP contribution >= 0.6 is 0 Å². The van der Waals surface area contributed by atoms with Gasteiger partial charge in [-0.05, 0) is 25.0 Å². The molecule has 4 rings (SSSR count). The third kappa shape index (κ3) is 5.25. The van der Waals surface area contributed by atoms with E-state index in [2.05, 4.69) is 15.0 Å². The molecule has 0 aliphatic carbocycles. The van der Waals surface area contributed by atoms with E-state index >= 15 is 0 Å². The Balaban J connectivity index is 0.000000339. The molecule has 166 valence electrons. The Labute approximate surface area is 174 Å². The van der Waals surface area contributed by atoms with E-state index in [0.717, 1.165) is 44.0 Å². The largest absolute Gasteiger partial charge is 0.490 e. The van der Waals surface area contributed by atoms with Crippen molar-refractivity contribution in [3.63, 3.8) is 0 Å². The standard InChI is InChI=1S/C17H18FN5O.C2HF3O2/c18-13-9-20-16(21-10-13)23-8-5-17(12-23)4-7-22(15(17)24)11-14-3-1-2-6-19-14;3-2(4,5)1(6)7/h1-3,6,9-10H,4-5,7-8,11-12H2;(H,6,7). The fourth-order valence-electron chi connectivity index (χ4n) is 3.62. The van der Waals surface area contributed by atoms with E-state index < -0.39 is 18.0 Å². The number of hydrogen-bond acceptors (Lipinski definition) is 6. The van der Waals surface area contributed by atoms with Crippen LogP contribution in [-0.2, 0) is 16.1 Å². The van der Waals surface area contributed by atoms with Crippen LogP contribution in [0.15, 0.2) is 36.8 Å². The van der Waals surface area contributed by atoms with Crippen LogP contribution in [0.4, 0.5) is 23.5 Å². The van der Waals surface area contributed by atoms with E-state index in [0.29, 0.717) is 19.0 Å². The summed E-state index contributed by atoms with van der Waals surface area (Å²) in [4.78, 5) is 38.1. The lowest BCUT2D eigenvalue weighted by Gasteiger charge is -2.23. The Bertz CT molecular complexity index is 926. The van der Waals surface area contributed by atoms with Crippen LogP contribution in [-0.4, -0.2) is 62.6 Å². The number of nitrogens with zero attached hydrogens (tertiary/aromatic N) is 5. The normalized spacial score (nSPS) is 20.7. The number of halogens is 4. The second kappa shape index (κ2) is 8.82. The lowest BCUT2D eigenvalue weighted by atomic mass is 9.85. The minimum absolute atomic E-state index is 0.178. The molecule has 8 nitrogen and oxygen atoms in total. The van der Waals surface area contributed by atoms with Crippen LogP contribution in [0.3, 0.4) is 0 Å². The molecule has 31 heavy (non-hydrogen) atoms. The maximum Gasteiger partial charge on any atom is 0.490 e. The quantitative estimate of drug-likeness (QED) is 0.730. The van der Waals surface area contributed by atoms with Gasteiger partial charge in [0.2, 0.25) is 11.9 Å². The number of hydrogen-bond donors (Lipinski definition) is 1. The van der Waals surface area contributed by atoms with E-state index in [9.17, 15) is 22.4 Å². The minimum atomic E-state index is -5.08. The first kappa shape index (κ1) is 22.4. The highest BCUT2D eigenvalue weighted by Crippen LogP contribution is 2.41. The zero-order chi connectivity index (χ0) is 22.6. The SMILES string of the molecule is O=C(O)C(F)(F)F.O=C1N(Cc2ccccn2)CCC12CCN(c1ncc(F)cn1)C2. The van der Waals surface area contributed by atoms with Crippen molar-refractivity contribution in [1.29, 1.82) is 0 Å². The fourth-order valence-corrected chi connectivity index (χ4v) is 3.62. The topological polar surface area (TPSA) is 99.5 Å². The molecule has 4 heterocycles. The van der Waals surface area contributed by atoms with Crippen LogP contribution in [0.5, 0.6) is 0 Å². The number of carbonyl (C=O) groups is 2. The molecule has 0 radical (unpaired) electrons. The molecule has 2 aliphatic rings. The molecule has 0 bridgehead atoms. The van der Waals surface area contributed by atoms with Gasteiger partial charge in [-0.25, -0.2) is 19.2 Å². The van der Waals surface area contributed by atoms with Gasteiger partial charge in [-0.15, -0.1) is 0 Å². The van der Waals surface area contributed by atoms with Gasteiger partial charge in [-0.3, -0.25) is 9.78 Å². The predicted octanol–water partition coefficient (Wildman–Crippen LogP) is 2.27. The van der Waals surface area contributed by atoms with Gasteiger partial charge in [0.25, 0.3) is 0 Å². The zero-order valence-electron chi connectivity index (χ0n) is 16.2. The minimum Gasteiger partial charge on any atom is -0.475 e. The van der Waals surface area contributed by atoms with Gasteiger partial charge >= 0.3 is 12.1 Å². The summed E-state index contributed by atoms with van der Waals surface area (Å²) in [7, 11) is 0. The zero-order valence-corrected chi connectivity index (χ0v) is 16.2. The number of aromatic nitrogens is 3. The molecule has 2 aromatic rings. The molecule has 1 N–H and O–H groups in total. The summed E-state index contributed by atoms with van der Waals surface area (Å²) in [5.41, 5.74) is 0.534. The summed E-state index contributed by atoms with van der Waals surface area (Å²) in [5, 5.41) is 7.12. The smallest absolute Gasteiger partial charge is 0.475 e. The second-order valence-corrected chi connectivity index (χ2v) is 7.25. The highest BCUT2D eigenvalue weighted by Gasteiger charge is 2.51. The van der Waals surface area contributed by atoms with Gasteiger partial charge < -0.3 is 14.9 Å². The van der Waals surface area contributed by atoms with Gasteiger partial charge in [-0.1, -0.05) is 6.07 Å². The van der Waals surface area contributed by atoms with Crippen molar-refractivity contribution in [3.05, 3.63) is 48.3 Å². The fraction of sp³-hybridized carbons (Fsp3) is 0.421. The molecule has 1 amide bonds. The number of alkyl halides is 3. The van der Waals surface area contributed by atoms with Crippen LogP contribution in [0.1, 0.15) is 18.5 Å². The number of rotatable bonds is 3. The third-order valence-corrected chi connectivity index (χ3v) is 5.17. The first-order chi connectivity index (χ1) is 14.6. The van der Waals surface area contributed by atoms with Crippen LogP contribution < -0.4 is 4.90 Å². The number of anilines is 1. The van der Waals surface area contributed by atoms with E-state index in [1.165, 1.54) is 0 Å². The predicted molar refractivity (Wildman–Crippen MR) is 99.2 cm³/mol. The van der Waals surface area contributed by atoms with Crippen LogP contribution in [0.25, 0.3) is 0 Å². The van der Waals surface area contributed by atoms with Gasteiger partial charge in [0.05, 0.1) is 30.0 Å². The van der Waals surface area contributed by atoms with Crippen molar-refractivity contribution in [2.45, 2.75) is 25.6 Å². The number of carbonyl (C=O) groups excluding carboxylic acids is 1. The van der Waals surface area contributed by atoms with Gasteiger partial charge in [0.15, 0.2) is 5.82 Å². The van der Waals surface area contributed by atoms with Crippen LogP contribution in [0.2, 0.25) is 0 Å². The number of carboxylic acid groups (broad SMARTS) is 1. The van der Waals surface area contributed by atoms with Crippen LogP contribution in [0, 0.1) is 11.2 Å². The summed E-state index contributed by atoms with van der Waals surface area (Å²) >= 11 is 0. The van der Waals surface area contributed by atoms with Gasteiger partial charge in [0, 0.05) is 25.8 Å². The Morgan fingerprint density at radius 2 is 1.77 bits per heavy atom. The average molecular weight is 441 g/mol. The molecule has 2 aromatic heterocycles. The molecular weight excluding hydrogens is 422 g/mol. The van der Waals surface area contributed by atoms with Crippen molar-refractivity contribution in [3.8, 4) is 0 Å². The van der Waals surface area contributed by atoms with E-state index in [-0.39, 0.29) is 11.3 Å². The molecule has 2 saturated heterocycles. The number of carboxylic acids is 1. The summed E-state index contributed by atoms with van der Waals surface area (Å²) < 4.78 is 44.7. The maximum atomic E-state index is 13.0. The van der Waals surface area contributed by atoms with Gasteiger partial charge in [0.1, 0.15) is 0 Å². The summed E-state index contributed by atoms with van der Waals surface area (Å²) in [6, 6.07) is 5.74. The first-order valence-electron chi connectivity index (χ1n) is 9.33. The summed E-state index contributed by atoms with van der Waals surface area (Å²) in [6.07, 6.45) is 0.602. The highest BCUT2D eigenvalue weighted by molar-refractivity contribution is 5.86. The third-order valence-electron chi connectivity index (χ3n) is 5.17. The molecule has 1 spiro atoms. The Morgan fingerprint density at radius 1 is 1.13 bits per heavy atom. The molecule has 2 aliphatic heterocycles. The van der Waals surface area contributed by atoms with Gasteiger partial charge in [-0.2, -0.15) is 13.2 Å². The number of amides is 1. The van der Waals surface area contributed by atoms with Crippen molar-refractivity contribution < 1.29 is 32.3 Å². The maximum absolute atomic E-state index is 13.0. The average Bonchev–Trinajstić information content (AvgIpc) is 3.29. The number of likely N-dealkylation sites (tertiary alicyclic amines) is 1. The second-order valence-electron chi connectivity index (χ2n) is 7.25. The molecular formula is C19H19F4N5O3. The molecule has 2 fully saturated rings. The molecule has 1 atom stereocenters. The Kier molecular flexibility index (Phi) is 6.37. The van der Waals surface area contributed by atoms with Crippen molar-refractivity contribution >= 4 is 17.8 Å². The molecule has 1 unspecified atom stereocenters. The van der Waals surface area contributed by atoms with Crippen molar-refractivity contribution in [1.82, 2.24) is 19.9 Å². The van der Waals surface area contributed by atoms with E-state index in [1.807, 2.05) is 28.0 Å². The van der Waals surface area contributed by atoms with Crippen molar-refractivity contribution in [2.75, 3.05) is 24.5 Å². The molecule has 12 heteroatoms.